The Morgan fingerprint density at radius 3 is 2.93 bits per heavy atom. The van der Waals surface area contributed by atoms with Crippen molar-refractivity contribution in [1.82, 2.24) is 0 Å². The maximum Gasteiger partial charge on any atom is 0.247 e. The van der Waals surface area contributed by atoms with Crippen molar-refractivity contribution in [3.8, 4) is 6.07 Å². The molecule has 3 heteroatoms. The molecule has 14 heavy (non-hydrogen) atoms. The molecule has 0 spiro atoms. The zero-order valence-electron chi connectivity index (χ0n) is 7.87. The Kier molecular flexibility index (Phi) is 3.03. The molecule has 1 amide bonds. The third kappa shape index (κ3) is 1.99. The Morgan fingerprint density at radius 1 is 1.64 bits per heavy atom. The first-order valence-corrected chi connectivity index (χ1v) is 4.12. The number of rotatable bonds is 2. The lowest BCUT2D eigenvalue weighted by Gasteiger charge is -2.05. The molecule has 0 heterocycles. The molecular weight excluding hydrogens is 176 g/mol. The van der Waals surface area contributed by atoms with Gasteiger partial charge in [-0.1, -0.05) is 18.7 Å². The molecule has 0 unspecified atom stereocenters. The molecule has 1 aromatic rings. The highest BCUT2D eigenvalue weighted by Crippen LogP contribution is 2.17. The fourth-order valence-corrected chi connectivity index (χ4v) is 1.10. The lowest BCUT2D eigenvalue weighted by atomic mass is 10.1. The highest BCUT2D eigenvalue weighted by molar-refractivity contribution is 5.99. The summed E-state index contributed by atoms with van der Waals surface area (Å²) < 4.78 is 0. The SMILES string of the molecule is C=CC(=O)Nc1cccc(C)c1C#N. The minimum Gasteiger partial charge on any atom is -0.321 e. The fourth-order valence-electron chi connectivity index (χ4n) is 1.10. The van der Waals surface area contributed by atoms with Crippen LogP contribution in [0.15, 0.2) is 30.9 Å². The molecule has 70 valence electrons. The summed E-state index contributed by atoms with van der Waals surface area (Å²) >= 11 is 0. The highest BCUT2D eigenvalue weighted by atomic mass is 16.1. The number of hydrogen-bond acceptors (Lipinski definition) is 2. The monoisotopic (exact) mass is 186 g/mol. The molecule has 1 N–H and O–H groups in total. The highest BCUT2D eigenvalue weighted by Gasteiger charge is 2.05. The van der Waals surface area contributed by atoms with Crippen molar-refractivity contribution in [3.63, 3.8) is 0 Å². The Bertz CT molecular complexity index is 416. The number of amides is 1. The first-order chi connectivity index (χ1) is 6.69. The summed E-state index contributed by atoms with van der Waals surface area (Å²) in [6.07, 6.45) is 1.17. The Hall–Kier alpha value is -2.08. The van der Waals surface area contributed by atoms with Crippen LogP contribution in [0.4, 0.5) is 5.69 Å². The van der Waals surface area contributed by atoms with Crippen LogP contribution in [-0.2, 0) is 4.79 Å². The van der Waals surface area contributed by atoms with Gasteiger partial charge in [-0.3, -0.25) is 4.79 Å². The molecule has 3 nitrogen and oxygen atoms in total. The third-order valence-corrected chi connectivity index (χ3v) is 1.83. The second kappa shape index (κ2) is 4.24. The summed E-state index contributed by atoms with van der Waals surface area (Å²) in [6.45, 7) is 5.16. The summed E-state index contributed by atoms with van der Waals surface area (Å²) in [4.78, 5) is 11.0. The fraction of sp³-hybridized carbons (Fsp3) is 0.0909. The number of anilines is 1. The summed E-state index contributed by atoms with van der Waals surface area (Å²) in [7, 11) is 0. The second-order valence-electron chi connectivity index (χ2n) is 2.80. The van der Waals surface area contributed by atoms with Crippen molar-refractivity contribution in [2.45, 2.75) is 6.92 Å². The summed E-state index contributed by atoms with van der Waals surface area (Å²) in [6, 6.07) is 7.34. The Balaban J connectivity index is 3.09. The van der Waals surface area contributed by atoms with Crippen molar-refractivity contribution in [2.75, 3.05) is 5.32 Å². The zero-order valence-corrected chi connectivity index (χ0v) is 7.87. The second-order valence-corrected chi connectivity index (χ2v) is 2.80. The van der Waals surface area contributed by atoms with Gasteiger partial charge in [-0.2, -0.15) is 5.26 Å². The summed E-state index contributed by atoms with van der Waals surface area (Å²) in [5.74, 6) is -0.313. The molecule has 0 fully saturated rings. The van der Waals surface area contributed by atoms with Gasteiger partial charge in [-0.25, -0.2) is 0 Å². The van der Waals surface area contributed by atoms with Gasteiger partial charge in [-0.15, -0.1) is 0 Å². The average molecular weight is 186 g/mol. The van der Waals surface area contributed by atoms with Crippen LogP contribution in [0.25, 0.3) is 0 Å². The number of hydrogen-bond donors (Lipinski definition) is 1. The molecule has 0 aliphatic heterocycles. The van der Waals surface area contributed by atoms with E-state index >= 15 is 0 Å². The van der Waals surface area contributed by atoms with Gasteiger partial charge in [0.15, 0.2) is 0 Å². The molecule has 0 aliphatic rings. The zero-order chi connectivity index (χ0) is 10.6. The number of benzene rings is 1. The van der Waals surface area contributed by atoms with Gasteiger partial charge in [0.05, 0.1) is 11.3 Å². The van der Waals surface area contributed by atoms with E-state index < -0.39 is 0 Å². The van der Waals surface area contributed by atoms with E-state index in [9.17, 15) is 4.79 Å². The van der Waals surface area contributed by atoms with E-state index in [2.05, 4.69) is 11.9 Å². The molecule has 0 bridgehead atoms. The molecule has 0 atom stereocenters. The number of carbonyl (C=O) groups is 1. The van der Waals surface area contributed by atoms with Crippen LogP contribution in [0.3, 0.4) is 0 Å². The van der Waals surface area contributed by atoms with Gasteiger partial charge in [0.1, 0.15) is 6.07 Å². The van der Waals surface area contributed by atoms with Gasteiger partial charge in [0, 0.05) is 0 Å². The molecule has 0 aliphatic carbocycles. The van der Waals surface area contributed by atoms with Crippen LogP contribution in [0, 0.1) is 18.3 Å². The molecular formula is C11H10N2O. The molecule has 1 rings (SSSR count). The number of nitrogens with zero attached hydrogens (tertiary/aromatic N) is 1. The quantitative estimate of drug-likeness (QED) is 0.718. The summed E-state index contributed by atoms with van der Waals surface area (Å²) in [5, 5.41) is 11.4. The topological polar surface area (TPSA) is 52.9 Å². The van der Waals surface area contributed by atoms with E-state index in [1.165, 1.54) is 6.08 Å². The minimum absolute atomic E-state index is 0.313. The lowest BCUT2D eigenvalue weighted by molar-refractivity contribution is -0.111. The number of aryl methyl sites for hydroxylation is 1. The van der Waals surface area contributed by atoms with E-state index in [0.29, 0.717) is 11.3 Å². The number of nitriles is 1. The van der Waals surface area contributed by atoms with Gasteiger partial charge < -0.3 is 5.32 Å². The van der Waals surface area contributed by atoms with E-state index in [1.807, 2.05) is 19.1 Å². The molecule has 0 aromatic heterocycles. The standard InChI is InChI=1S/C11H10N2O/c1-3-11(14)13-10-6-4-5-8(2)9(10)7-12/h3-6H,1H2,2H3,(H,13,14). The molecule has 1 aromatic carbocycles. The maximum absolute atomic E-state index is 11.0. The van der Waals surface area contributed by atoms with Crippen LogP contribution >= 0.6 is 0 Å². The van der Waals surface area contributed by atoms with Crippen LogP contribution < -0.4 is 5.32 Å². The van der Waals surface area contributed by atoms with Crippen LogP contribution in [0.2, 0.25) is 0 Å². The van der Waals surface area contributed by atoms with E-state index in [4.69, 9.17) is 5.26 Å². The van der Waals surface area contributed by atoms with Gasteiger partial charge in [0.2, 0.25) is 5.91 Å². The van der Waals surface area contributed by atoms with Crippen molar-refractivity contribution in [2.24, 2.45) is 0 Å². The number of carbonyl (C=O) groups excluding carboxylic acids is 1. The normalized spacial score (nSPS) is 8.86. The van der Waals surface area contributed by atoms with Gasteiger partial charge in [0.25, 0.3) is 0 Å². The van der Waals surface area contributed by atoms with E-state index in [0.717, 1.165) is 5.56 Å². The van der Waals surface area contributed by atoms with Crippen LogP contribution in [0.5, 0.6) is 0 Å². The largest absolute Gasteiger partial charge is 0.321 e. The minimum atomic E-state index is -0.313. The first-order valence-electron chi connectivity index (χ1n) is 4.12. The molecule has 0 radical (unpaired) electrons. The first kappa shape index (κ1) is 10.0. The lowest BCUT2D eigenvalue weighted by Crippen LogP contribution is -2.09. The van der Waals surface area contributed by atoms with Crippen molar-refractivity contribution in [1.29, 1.82) is 5.26 Å². The summed E-state index contributed by atoms with van der Waals surface area (Å²) in [5.41, 5.74) is 1.86. The van der Waals surface area contributed by atoms with E-state index in [-0.39, 0.29) is 5.91 Å². The van der Waals surface area contributed by atoms with E-state index in [1.54, 1.807) is 12.1 Å². The third-order valence-electron chi connectivity index (χ3n) is 1.83. The predicted octanol–water partition coefficient (Wildman–Crippen LogP) is 1.99. The Labute approximate surface area is 82.7 Å². The Morgan fingerprint density at radius 2 is 2.36 bits per heavy atom. The van der Waals surface area contributed by atoms with Crippen molar-refractivity contribution < 1.29 is 4.79 Å². The van der Waals surface area contributed by atoms with Crippen molar-refractivity contribution >= 4 is 11.6 Å². The predicted molar refractivity (Wildman–Crippen MR) is 54.7 cm³/mol. The number of nitrogens with one attached hydrogen (secondary N) is 1. The van der Waals surface area contributed by atoms with Crippen LogP contribution in [0.1, 0.15) is 11.1 Å². The van der Waals surface area contributed by atoms with Gasteiger partial charge >= 0.3 is 0 Å². The molecule has 0 saturated carbocycles. The van der Waals surface area contributed by atoms with Crippen molar-refractivity contribution in [3.05, 3.63) is 42.0 Å². The average Bonchev–Trinajstić information content (AvgIpc) is 2.18. The maximum atomic E-state index is 11.0. The molecule has 0 saturated heterocycles. The smallest absolute Gasteiger partial charge is 0.247 e. The van der Waals surface area contributed by atoms with Crippen LogP contribution in [-0.4, -0.2) is 5.91 Å². The van der Waals surface area contributed by atoms with Gasteiger partial charge in [-0.05, 0) is 24.6 Å².